The molecule has 0 saturated carbocycles. The maximum Gasteiger partial charge on any atom is 0.0446 e. The third-order valence-electron chi connectivity index (χ3n) is 3.72. The van der Waals surface area contributed by atoms with Gasteiger partial charge in [-0.3, -0.25) is 0 Å². The summed E-state index contributed by atoms with van der Waals surface area (Å²) in [5, 5.41) is 2.60. The molecule has 0 fully saturated rings. The highest BCUT2D eigenvalue weighted by molar-refractivity contribution is 9.11. The predicted octanol–water partition coefficient (Wildman–Crippen LogP) is 6.59. The van der Waals surface area contributed by atoms with Crippen molar-refractivity contribution < 1.29 is 0 Å². The van der Waals surface area contributed by atoms with Gasteiger partial charge >= 0.3 is 0 Å². The Hall–Kier alpha value is -1.12. The molecule has 0 nitrogen and oxygen atoms in total. The summed E-state index contributed by atoms with van der Waals surface area (Å²) in [6.45, 7) is 2.13. The molecule has 106 valence electrons. The van der Waals surface area contributed by atoms with E-state index < -0.39 is 0 Å². The Bertz CT molecular complexity index is 777. The molecular formula is C19H16Br2. The average molecular weight is 404 g/mol. The number of rotatable bonds is 3. The quantitative estimate of drug-likeness (QED) is 0.432. The molecule has 0 N–H and O–H groups in total. The van der Waals surface area contributed by atoms with Gasteiger partial charge in [0, 0.05) is 9.30 Å². The van der Waals surface area contributed by atoms with Crippen LogP contribution in [0.4, 0.5) is 0 Å². The van der Waals surface area contributed by atoms with Crippen LogP contribution in [0.25, 0.3) is 10.8 Å². The molecule has 0 bridgehead atoms. The van der Waals surface area contributed by atoms with Crippen molar-refractivity contribution in [2.45, 2.75) is 18.2 Å². The highest BCUT2D eigenvalue weighted by Gasteiger charge is 2.12. The first-order chi connectivity index (χ1) is 10.1. The van der Waals surface area contributed by atoms with Crippen molar-refractivity contribution in [1.29, 1.82) is 0 Å². The lowest BCUT2D eigenvalue weighted by Crippen LogP contribution is -1.97. The van der Waals surface area contributed by atoms with E-state index in [2.05, 4.69) is 99.4 Å². The van der Waals surface area contributed by atoms with Crippen molar-refractivity contribution in [2.24, 2.45) is 0 Å². The fourth-order valence-corrected chi connectivity index (χ4v) is 4.17. The Morgan fingerprint density at radius 2 is 1.67 bits per heavy atom. The van der Waals surface area contributed by atoms with E-state index >= 15 is 0 Å². The molecule has 3 aromatic carbocycles. The van der Waals surface area contributed by atoms with E-state index in [4.69, 9.17) is 0 Å². The van der Waals surface area contributed by atoms with Gasteiger partial charge < -0.3 is 0 Å². The van der Waals surface area contributed by atoms with Crippen LogP contribution in [0.15, 0.2) is 65.1 Å². The summed E-state index contributed by atoms with van der Waals surface area (Å²) < 4.78 is 1.16. The molecule has 3 rings (SSSR count). The summed E-state index contributed by atoms with van der Waals surface area (Å²) in [5.41, 5.74) is 3.95. The van der Waals surface area contributed by atoms with E-state index in [1.165, 1.54) is 27.5 Å². The molecule has 1 atom stereocenters. The molecule has 21 heavy (non-hydrogen) atoms. The molecule has 0 amide bonds. The lowest BCUT2D eigenvalue weighted by Gasteiger charge is -2.14. The van der Waals surface area contributed by atoms with Gasteiger partial charge in [-0.1, -0.05) is 92.0 Å². The van der Waals surface area contributed by atoms with Crippen molar-refractivity contribution in [2.75, 3.05) is 0 Å². The van der Waals surface area contributed by atoms with Crippen LogP contribution in [-0.4, -0.2) is 0 Å². The van der Waals surface area contributed by atoms with Crippen LogP contribution in [0, 0.1) is 6.92 Å². The van der Waals surface area contributed by atoms with Gasteiger partial charge in [0.25, 0.3) is 0 Å². The van der Waals surface area contributed by atoms with Crippen LogP contribution < -0.4 is 0 Å². The monoisotopic (exact) mass is 402 g/mol. The number of alkyl halides is 1. The van der Waals surface area contributed by atoms with Gasteiger partial charge in [-0.25, -0.2) is 0 Å². The van der Waals surface area contributed by atoms with Crippen LogP contribution in [-0.2, 0) is 6.42 Å². The minimum atomic E-state index is 0.313. The molecule has 0 aliphatic heterocycles. The molecule has 0 aliphatic rings. The third kappa shape index (κ3) is 3.38. The second-order valence-electron chi connectivity index (χ2n) is 5.38. The van der Waals surface area contributed by atoms with Crippen LogP contribution in [0.5, 0.6) is 0 Å². The Morgan fingerprint density at radius 3 is 2.48 bits per heavy atom. The number of halogens is 2. The minimum Gasteiger partial charge on any atom is -0.0835 e. The zero-order valence-electron chi connectivity index (χ0n) is 11.8. The van der Waals surface area contributed by atoms with E-state index in [-0.39, 0.29) is 0 Å². The summed E-state index contributed by atoms with van der Waals surface area (Å²) in [6, 6.07) is 21.7. The lowest BCUT2D eigenvalue weighted by molar-refractivity contribution is 0.943. The highest BCUT2D eigenvalue weighted by atomic mass is 79.9. The van der Waals surface area contributed by atoms with Gasteiger partial charge in [0.2, 0.25) is 0 Å². The fraction of sp³-hybridized carbons (Fsp3) is 0.158. The van der Waals surface area contributed by atoms with Gasteiger partial charge in [-0.2, -0.15) is 0 Å². The first-order valence-corrected chi connectivity index (χ1v) is 8.72. The Labute approximate surface area is 142 Å². The summed E-state index contributed by atoms with van der Waals surface area (Å²) >= 11 is 7.50. The summed E-state index contributed by atoms with van der Waals surface area (Å²) in [5.74, 6) is 0. The Morgan fingerprint density at radius 1 is 0.905 bits per heavy atom. The molecule has 3 aromatic rings. The fourth-order valence-electron chi connectivity index (χ4n) is 2.59. The normalized spacial score (nSPS) is 12.5. The van der Waals surface area contributed by atoms with E-state index in [1.807, 2.05) is 0 Å². The SMILES string of the molecule is Cc1ccc(Br)c(C(Br)Cc2ccc3ccccc3c2)c1. The summed E-state index contributed by atoms with van der Waals surface area (Å²) in [6.07, 6.45) is 0.979. The van der Waals surface area contributed by atoms with Crippen LogP contribution in [0.2, 0.25) is 0 Å². The number of hydrogen-bond donors (Lipinski definition) is 0. The van der Waals surface area contributed by atoms with E-state index in [0.717, 1.165) is 10.9 Å². The number of aryl methyl sites for hydroxylation is 1. The summed E-state index contributed by atoms with van der Waals surface area (Å²) in [7, 11) is 0. The molecule has 0 spiro atoms. The lowest BCUT2D eigenvalue weighted by atomic mass is 10.0. The Balaban J connectivity index is 1.88. The van der Waals surface area contributed by atoms with E-state index in [1.54, 1.807) is 0 Å². The zero-order valence-corrected chi connectivity index (χ0v) is 15.0. The average Bonchev–Trinajstić information content (AvgIpc) is 2.49. The maximum atomic E-state index is 3.84. The molecule has 0 heterocycles. The maximum absolute atomic E-state index is 3.84. The molecule has 0 aromatic heterocycles. The molecule has 0 saturated heterocycles. The van der Waals surface area contributed by atoms with Crippen molar-refractivity contribution >= 4 is 42.6 Å². The van der Waals surface area contributed by atoms with Crippen LogP contribution in [0.1, 0.15) is 21.5 Å². The van der Waals surface area contributed by atoms with Crippen molar-refractivity contribution in [3.63, 3.8) is 0 Å². The predicted molar refractivity (Wildman–Crippen MR) is 98.2 cm³/mol. The van der Waals surface area contributed by atoms with Gasteiger partial charge in [0.05, 0.1) is 0 Å². The van der Waals surface area contributed by atoms with Gasteiger partial charge in [-0.05, 0) is 41.3 Å². The topological polar surface area (TPSA) is 0 Å². The largest absolute Gasteiger partial charge is 0.0835 e. The first kappa shape index (κ1) is 14.8. The second kappa shape index (κ2) is 6.33. The van der Waals surface area contributed by atoms with Crippen LogP contribution in [0.3, 0.4) is 0 Å². The van der Waals surface area contributed by atoms with Crippen LogP contribution >= 0.6 is 31.9 Å². The second-order valence-corrected chi connectivity index (χ2v) is 7.34. The number of fused-ring (bicyclic) bond motifs is 1. The Kier molecular flexibility index (Phi) is 4.46. The highest BCUT2D eigenvalue weighted by Crippen LogP contribution is 2.33. The molecule has 0 radical (unpaired) electrons. The molecule has 1 unspecified atom stereocenters. The van der Waals surface area contributed by atoms with E-state index in [9.17, 15) is 0 Å². The first-order valence-electron chi connectivity index (χ1n) is 7.01. The minimum absolute atomic E-state index is 0.313. The van der Waals surface area contributed by atoms with Crippen molar-refractivity contribution in [3.05, 3.63) is 81.8 Å². The smallest absolute Gasteiger partial charge is 0.0446 e. The van der Waals surface area contributed by atoms with Crippen molar-refractivity contribution in [3.8, 4) is 0 Å². The summed E-state index contributed by atoms with van der Waals surface area (Å²) in [4.78, 5) is 0.313. The molecular weight excluding hydrogens is 388 g/mol. The zero-order chi connectivity index (χ0) is 14.8. The number of benzene rings is 3. The number of hydrogen-bond acceptors (Lipinski definition) is 0. The van der Waals surface area contributed by atoms with Gasteiger partial charge in [-0.15, -0.1) is 0 Å². The molecule has 0 aliphatic carbocycles. The van der Waals surface area contributed by atoms with E-state index in [0.29, 0.717) is 4.83 Å². The van der Waals surface area contributed by atoms with Gasteiger partial charge in [0.15, 0.2) is 0 Å². The van der Waals surface area contributed by atoms with Gasteiger partial charge in [0.1, 0.15) is 0 Å². The molecule has 2 heteroatoms. The third-order valence-corrected chi connectivity index (χ3v) is 5.26. The van der Waals surface area contributed by atoms with Crippen molar-refractivity contribution in [1.82, 2.24) is 0 Å². The standard InChI is InChI=1S/C19H16Br2/c1-13-6-9-18(20)17(10-13)19(21)12-14-7-8-15-4-2-3-5-16(15)11-14/h2-11,19H,12H2,1H3.